The van der Waals surface area contributed by atoms with Gasteiger partial charge in [-0.05, 0) is 52.1 Å². The van der Waals surface area contributed by atoms with Crippen molar-refractivity contribution in [3.05, 3.63) is 0 Å². The standard InChI is InChI=1S/C14H30N2/c1-12(2)10-13(3)15-11-14(4)16-8-6-5-7-9-16/h12-15H,5-11H2,1-4H3. The van der Waals surface area contributed by atoms with Crippen LogP contribution in [-0.4, -0.2) is 36.6 Å². The van der Waals surface area contributed by atoms with E-state index < -0.39 is 0 Å². The van der Waals surface area contributed by atoms with Crippen molar-refractivity contribution in [3.63, 3.8) is 0 Å². The van der Waals surface area contributed by atoms with E-state index in [0.29, 0.717) is 12.1 Å². The van der Waals surface area contributed by atoms with Gasteiger partial charge in [0.2, 0.25) is 0 Å². The van der Waals surface area contributed by atoms with E-state index in [4.69, 9.17) is 0 Å². The Labute approximate surface area is 102 Å². The summed E-state index contributed by atoms with van der Waals surface area (Å²) in [6.07, 6.45) is 5.50. The number of hydrogen-bond acceptors (Lipinski definition) is 2. The van der Waals surface area contributed by atoms with Gasteiger partial charge < -0.3 is 5.32 Å². The third-order valence-corrected chi connectivity index (χ3v) is 3.60. The minimum absolute atomic E-state index is 0.659. The fourth-order valence-corrected chi connectivity index (χ4v) is 2.65. The van der Waals surface area contributed by atoms with Gasteiger partial charge in [0, 0.05) is 18.6 Å². The minimum atomic E-state index is 0.659. The zero-order valence-corrected chi connectivity index (χ0v) is 11.6. The van der Waals surface area contributed by atoms with E-state index in [1.54, 1.807) is 0 Å². The van der Waals surface area contributed by atoms with Gasteiger partial charge >= 0.3 is 0 Å². The SMILES string of the molecule is CC(C)CC(C)NCC(C)N1CCCCC1. The zero-order valence-electron chi connectivity index (χ0n) is 11.6. The van der Waals surface area contributed by atoms with Crippen LogP contribution in [0.4, 0.5) is 0 Å². The number of hydrogen-bond donors (Lipinski definition) is 1. The van der Waals surface area contributed by atoms with Crippen LogP contribution in [0.1, 0.15) is 53.4 Å². The lowest BCUT2D eigenvalue weighted by molar-refractivity contribution is 0.167. The summed E-state index contributed by atoms with van der Waals surface area (Å²) in [5, 5.41) is 3.67. The van der Waals surface area contributed by atoms with E-state index in [0.717, 1.165) is 12.5 Å². The van der Waals surface area contributed by atoms with Gasteiger partial charge in [0.25, 0.3) is 0 Å². The van der Waals surface area contributed by atoms with Crippen LogP contribution in [0.3, 0.4) is 0 Å². The van der Waals surface area contributed by atoms with E-state index >= 15 is 0 Å². The van der Waals surface area contributed by atoms with Crippen LogP contribution in [0.2, 0.25) is 0 Å². The summed E-state index contributed by atoms with van der Waals surface area (Å²) >= 11 is 0. The quantitative estimate of drug-likeness (QED) is 0.749. The Morgan fingerprint density at radius 1 is 1.00 bits per heavy atom. The Hall–Kier alpha value is -0.0800. The molecule has 1 N–H and O–H groups in total. The molecule has 2 heteroatoms. The highest BCUT2D eigenvalue weighted by Crippen LogP contribution is 2.12. The molecule has 16 heavy (non-hydrogen) atoms. The van der Waals surface area contributed by atoms with E-state index in [9.17, 15) is 0 Å². The van der Waals surface area contributed by atoms with Crippen molar-refractivity contribution in [2.75, 3.05) is 19.6 Å². The molecule has 0 aromatic rings. The van der Waals surface area contributed by atoms with Crippen LogP contribution in [-0.2, 0) is 0 Å². The van der Waals surface area contributed by atoms with Crippen molar-refractivity contribution < 1.29 is 0 Å². The molecule has 0 bridgehead atoms. The molecule has 0 amide bonds. The molecule has 1 rings (SSSR count). The van der Waals surface area contributed by atoms with E-state index in [1.165, 1.54) is 38.8 Å². The van der Waals surface area contributed by atoms with Crippen molar-refractivity contribution in [2.45, 2.75) is 65.5 Å². The van der Waals surface area contributed by atoms with Crippen LogP contribution in [0.25, 0.3) is 0 Å². The summed E-state index contributed by atoms with van der Waals surface area (Å²) in [4.78, 5) is 2.64. The van der Waals surface area contributed by atoms with Crippen LogP contribution in [0, 0.1) is 5.92 Å². The second-order valence-corrected chi connectivity index (χ2v) is 5.88. The first kappa shape index (κ1) is 14.0. The molecule has 1 fully saturated rings. The average Bonchev–Trinajstić information content (AvgIpc) is 2.26. The molecule has 0 radical (unpaired) electrons. The maximum atomic E-state index is 3.67. The van der Waals surface area contributed by atoms with Gasteiger partial charge in [0.1, 0.15) is 0 Å². The molecule has 0 aliphatic carbocycles. The number of rotatable bonds is 6. The van der Waals surface area contributed by atoms with Gasteiger partial charge in [-0.25, -0.2) is 0 Å². The van der Waals surface area contributed by atoms with E-state index in [-0.39, 0.29) is 0 Å². The molecule has 2 nitrogen and oxygen atoms in total. The largest absolute Gasteiger partial charge is 0.313 e. The third-order valence-electron chi connectivity index (χ3n) is 3.60. The molecule has 1 saturated heterocycles. The van der Waals surface area contributed by atoms with Gasteiger partial charge in [-0.1, -0.05) is 20.3 Å². The molecule has 1 aliphatic heterocycles. The molecule has 1 heterocycles. The summed E-state index contributed by atoms with van der Waals surface area (Å²) in [5.74, 6) is 0.799. The Balaban J connectivity index is 2.15. The van der Waals surface area contributed by atoms with Crippen LogP contribution >= 0.6 is 0 Å². The summed E-state index contributed by atoms with van der Waals surface area (Å²) in [6, 6.07) is 1.36. The van der Waals surface area contributed by atoms with E-state index in [2.05, 4.69) is 37.9 Å². The maximum Gasteiger partial charge on any atom is 0.0192 e. The molecule has 2 unspecified atom stereocenters. The molecular weight excluding hydrogens is 196 g/mol. The molecule has 0 aromatic carbocycles. The van der Waals surface area contributed by atoms with Crippen molar-refractivity contribution in [3.8, 4) is 0 Å². The Morgan fingerprint density at radius 3 is 2.19 bits per heavy atom. The Morgan fingerprint density at radius 2 is 1.62 bits per heavy atom. The predicted octanol–water partition coefficient (Wildman–Crippen LogP) is 2.89. The smallest absolute Gasteiger partial charge is 0.0192 e. The molecule has 0 saturated carbocycles. The maximum absolute atomic E-state index is 3.67. The van der Waals surface area contributed by atoms with Gasteiger partial charge in [-0.3, -0.25) is 4.90 Å². The minimum Gasteiger partial charge on any atom is -0.313 e. The molecule has 1 aliphatic rings. The lowest BCUT2D eigenvalue weighted by Gasteiger charge is -2.33. The lowest BCUT2D eigenvalue weighted by atomic mass is 10.0. The summed E-state index contributed by atoms with van der Waals surface area (Å²) in [6.45, 7) is 13.0. The van der Waals surface area contributed by atoms with Crippen molar-refractivity contribution in [1.29, 1.82) is 0 Å². The first-order chi connectivity index (χ1) is 7.59. The summed E-state index contributed by atoms with van der Waals surface area (Å²) in [7, 11) is 0. The van der Waals surface area contributed by atoms with Crippen molar-refractivity contribution >= 4 is 0 Å². The topological polar surface area (TPSA) is 15.3 Å². The van der Waals surface area contributed by atoms with Crippen molar-refractivity contribution in [1.82, 2.24) is 10.2 Å². The average molecular weight is 226 g/mol. The second-order valence-electron chi connectivity index (χ2n) is 5.88. The van der Waals surface area contributed by atoms with Crippen LogP contribution in [0.5, 0.6) is 0 Å². The van der Waals surface area contributed by atoms with E-state index in [1.807, 2.05) is 0 Å². The first-order valence-electron chi connectivity index (χ1n) is 7.07. The number of likely N-dealkylation sites (tertiary alicyclic amines) is 1. The van der Waals surface area contributed by atoms with Gasteiger partial charge in [-0.15, -0.1) is 0 Å². The number of nitrogens with one attached hydrogen (secondary N) is 1. The molecule has 0 aromatic heterocycles. The fourth-order valence-electron chi connectivity index (χ4n) is 2.65. The van der Waals surface area contributed by atoms with Gasteiger partial charge in [0.15, 0.2) is 0 Å². The zero-order chi connectivity index (χ0) is 12.0. The van der Waals surface area contributed by atoms with Crippen LogP contribution < -0.4 is 5.32 Å². The summed E-state index contributed by atoms with van der Waals surface area (Å²) < 4.78 is 0. The Bertz CT molecular complexity index is 174. The molecule has 96 valence electrons. The second kappa shape index (κ2) is 7.29. The first-order valence-corrected chi connectivity index (χ1v) is 7.07. The van der Waals surface area contributed by atoms with Gasteiger partial charge in [-0.2, -0.15) is 0 Å². The lowest BCUT2D eigenvalue weighted by Crippen LogP contribution is -2.45. The van der Waals surface area contributed by atoms with Crippen molar-refractivity contribution in [2.24, 2.45) is 5.92 Å². The predicted molar refractivity (Wildman–Crippen MR) is 71.8 cm³/mol. The summed E-state index contributed by atoms with van der Waals surface area (Å²) in [5.41, 5.74) is 0. The third kappa shape index (κ3) is 5.31. The monoisotopic (exact) mass is 226 g/mol. The highest BCUT2D eigenvalue weighted by atomic mass is 15.2. The molecule has 2 atom stereocenters. The highest BCUT2D eigenvalue weighted by molar-refractivity contribution is 4.75. The molecule has 0 spiro atoms. The fraction of sp³-hybridized carbons (Fsp3) is 1.00. The number of piperidine rings is 1. The highest BCUT2D eigenvalue weighted by Gasteiger charge is 2.16. The normalized spacial score (nSPS) is 22.3. The number of nitrogens with zero attached hydrogens (tertiary/aromatic N) is 1. The van der Waals surface area contributed by atoms with Gasteiger partial charge in [0.05, 0.1) is 0 Å². The molecular formula is C14H30N2. The van der Waals surface area contributed by atoms with Crippen LogP contribution in [0.15, 0.2) is 0 Å². The Kier molecular flexibility index (Phi) is 6.37.